The van der Waals surface area contributed by atoms with Gasteiger partial charge in [0.2, 0.25) is 0 Å². The summed E-state index contributed by atoms with van der Waals surface area (Å²) in [5.74, 6) is 0. The van der Waals surface area contributed by atoms with Gasteiger partial charge in [-0.3, -0.25) is 4.90 Å². The minimum atomic E-state index is -0.151. The van der Waals surface area contributed by atoms with Crippen molar-refractivity contribution in [3.63, 3.8) is 0 Å². The van der Waals surface area contributed by atoms with Crippen LogP contribution in [0.2, 0.25) is 0 Å². The molecule has 0 spiro atoms. The molecular formula is C17H28N2O. The van der Waals surface area contributed by atoms with Crippen molar-refractivity contribution in [2.45, 2.75) is 57.8 Å². The lowest BCUT2D eigenvalue weighted by molar-refractivity contribution is 0.158. The molecule has 3 unspecified atom stereocenters. The van der Waals surface area contributed by atoms with Gasteiger partial charge in [0.25, 0.3) is 0 Å². The Hall–Kier alpha value is -0.900. The smallest absolute Gasteiger partial charge is 0.0549 e. The molecule has 1 aromatic carbocycles. The Balaban J connectivity index is 1.74. The summed E-state index contributed by atoms with van der Waals surface area (Å²) in [6.45, 7) is 7.41. The summed E-state index contributed by atoms with van der Waals surface area (Å²) in [6.07, 6.45) is 2.76. The fraction of sp³-hybridized carbons (Fsp3) is 0.647. The van der Waals surface area contributed by atoms with E-state index < -0.39 is 0 Å². The average molecular weight is 276 g/mol. The van der Waals surface area contributed by atoms with Crippen LogP contribution in [0, 0.1) is 0 Å². The van der Waals surface area contributed by atoms with E-state index in [-0.39, 0.29) is 6.10 Å². The maximum absolute atomic E-state index is 9.58. The number of nitrogens with zero attached hydrogens (tertiary/aromatic N) is 1. The van der Waals surface area contributed by atoms with Gasteiger partial charge in [0.05, 0.1) is 6.10 Å². The molecule has 20 heavy (non-hydrogen) atoms. The van der Waals surface area contributed by atoms with Gasteiger partial charge < -0.3 is 10.4 Å². The molecule has 0 saturated carbocycles. The highest BCUT2D eigenvalue weighted by molar-refractivity contribution is 5.15. The van der Waals surface area contributed by atoms with Gasteiger partial charge in [-0.2, -0.15) is 0 Å². The van der Waals surface area contributed by atoms with Crippen LogP contribution in [-0.2, 0) is 6.54 Å². The normalized spacial score (nSPS) is 24.9. The largest absolute Gasteiger partial charge is 0.393 e. The summed E-state index contributed by atoms with van der Waals surface area (Å²) in [5.41, 5.74) is 1.39. The SMILES string of the molecule is CCC(O)CCNC1CC(C)N(Cc2ccccc2)C1. The van der Waals surface area contributed by atoms with Crippen LogP contribution in [0.4, 0.5) is 0 Å². The lowest BCUT2D eigenvalue weighted by atomic mass is 10.1. The Morgan fingerprint density at radius 3 is 2.80 bits per heavy atom. The second-order valence-electron chi connectivity index (χ2n) is 6.00. The average Bonchev–Trinajstić information content (AvgIpc) is 2.80. The number of hydrogen-bond acceptors (Lipinski definition) is 3. The first-order chi connectivity index (χ1) is 9.69. The quantitative estimate of drug-likeness (QED) is 0.803. The fourth-order valence-electron chi connectivity index (χ4n) is 2.94. The lowest BCUT2D eigenvalue weighted by Gasteiger charge is -2.21. The van der Waals surface area contributed by atoms with E-state index in [1.165, 1.54) is 12.0 Å². The van der Waals surface area contributed by atoms with Crippen LogP contribution >= 0.6 is 0 Å². The van der Waals surface area contributed by atoms with Crippen LogP contribution in [0.3, 0.4) is 0 Å². The standard InChI is InChI=1S/C17H28N2O/c1-3-17(20)9-10-18-16-11-14(2)19(13-16)12-15-7-5-4-6-8-15/h4-8,14,16-18,20H,3,9-13H2,1-2H3. The summed E-state index contributed by atoms with van der Waals surface area (Å²) in [6, 6.07) is 11.9. The van der Waals surface area contributed by atoms with Crippen LogP contribution in [0.5, 0.6) is 0 Å². The molecule has 3 nitrogen and oxygen atoms in total. The van der Waals surface area contributed by atoms with Crippen molar-refractivity contribution >= 4 is 0 Å². The Morgan fingerprint density at radius 1 is 1.35 bits per heavy atom. The molecule has 1 fully saturated rings. The molecule has 1 saturated heterocycles. The molecule has 2 rings (SSSR count). The Morgan fingerprint density at radius 2 is 2.10 bits per heavy atom. The number of benzene rings is 1. The summed E-state index contributed by atoms with van der Waals surface area (Å²) in [5, 5.41) is 13.2. The minimum absolute atomic E-state index is 0.151. The Kier molecular flexibility index (Phi) is 6.02. The molecule has 0 radical (unpaired) electrons. The highest BCUT2D eigenvalue weighted by Gasteiger charge is 2.28. The zero-order valence-corrected chi connectivity index (χ0v) is 12.8. The van der Waals surface area contributed by atoms with Crippen LogP contribution in [0.1, 0.15) is 38.7 Å². The van der Waals surface area contributed by atoms with Gasteiger partial charge in [0, 0.05) is 25.2 Å². The molecule has 1 heterocycles. The Labute approximate surface area is 123 Å². The van der Waals surface area contributed by atoms with E-state index in [9.17, 15) is 5.11 Å². The molecule has 0 bridgehead atoms. The summed E-state index contributed by atoms with van der Waals surface area (Å²) in [7, 11) is 0. The molecule has 1 aliphatic rings. The lowest BCUT2D eigenvalue weighted by Crippen LogP contribution is -2.34. The third-order valence-corrected chi connectivity index (χ3v) is 4.31. The van der Waals surface area contributed by atoms with E-state index in [2.05, 4.69) is 47.5 Å². The topological polar surface area (TPSA) is 35.5 Å². The van der Waals surface area contributed by atoms with Crippen molar-refractivity contribution < 1.29 is 5.11 Å². The first kappa shape index (κ1) is 15.5. The van der Waals surface area contributed by atoms with Crippen LogP contribution in [-0.4, -0.2) is 41.3 Å². The molecule has 0 aliphatic carbocycles. The maximum Gasteiger partial charge on any atom is 0.0549 e. The number of aliphatic hydroxyl groups is 1. The molecule has 0 aromatic heterocycles. The van der Waals surface area contributed by atoms with Gasteiger partial charge >= 0.3 is 0 Å². The number of likely N-dealkylation sites (tertiary alicyclic amines) is 1. The molecule has 112 valence electrons. The predicted octanol–water partition coefficient (Wildman–Crippen LogP) is 2.40. The van der Waals surface area contributed by atoms with Crippen LogP contribution < -0.4 is 5.32 Å². The zero-order valence-electron chi connectivity index (χ0n) is 12.8. The molecular weight excluding hydrogens is 248 g/mol. The van der Waals surface area contributed by atoms with Crippen molar-refractivity contribution in [1.82, 2.24) is 10.2 Å². The van der Waals surface area contributed by atoms with E-state index in [0.717, 1.165) is 32.5 Å². The highest BCUT2D eigenvalue weighted by atomic mass is 16.3. The van der Waals surface area contributed by atoms with Crippen molar-refractivity contribution in [3.8, 4) is 0 Å². The van der Waals surface area contributed by atoms with Gasteiger partial charge in [-0.25, -0.2) is 0 Å². The minimum Gasteiger partial charge on any atom is -0.393 e. The monoisotopic (exact) mass is 276 g/mol. The van der Waals surface area contributed by atoms with E-state index in [1.54, 1.807) is 0 Å². The third-order valence-electron chi connectivity index (χ3n) is 4.31. The van der Waals surface area contributed by atoms with Crippen LogP contribution in [0.15, 0.2) is 30.3 Å². The summed E-state index contributed by atoms with van der Waals surface area (Å²) < 4.78 is 0. The van der Waals surface area contributed by atoms with Gasteiger partial charge in [-0.05, 0) is 38.3 Å². The van der Waals surface area contributed by atoms with Crippen molar-refractivity contribution in [2.24, 2.45) is 0 Å². The van der Waals surface area contributed by atoms with E-state index in [0.29, 0.717) is 12.1 Å². The molecule has 3 heteroatoms. The summed E-state index contributed by atoms with van der Waals surface area (Å²) >= 11 is 0. The van der Waals surface area contributed by atoms with Gasteiger partial charge in [0.1, 0.15) is 0 Å². The van der Waals surface area contributed by atoms with E-state index >= 15 is 0 Å². The van der Waals surface area contributed by atoms with Crippen molar-refractivity contribution in [3.05, 3.63) is 35.9 Å². The molecule has 1 aliphatic heterocycles. The number of rotatable bonds is 7. The molecule has 3 atom stereocenters. The van der Waals surface area contributed by atoms with Crippen LogP contribution in [0.25, 0.3) is 0 Å². The van der Waals surface area contributed by atoms with E-state index in [1.807, 2.05) is 6.92 Å². The number of hydrogen-bond donors (Lipinski definition) is 2. The second kappa shape index (κ2) is 7.77. The van der Waals surface area contributed by atoms with Gasteiger partial charge in [0.15, 0.2) is 0 Å². The second-order valence-corrected chi connectivity index (χ2v) is 6.00. The molecule has 2 N–H and O–H groups in total. The summed E-state index contributed by atoms with van der Waals surface area (Å²) in [4.78, 5) is 2.54. The number of nitrogens with one attached hydrogen (secondary N) is 1. The van der Waals surface area contributed by atoms with Crippen molar-refractivity contribution in [2.75, 3.05) is 13.1 Å². The number of aliphatic hydroxyl groups excluding tert-OH is 1. The Bertz CT molecular complexity index is 382. The highest BCUT2D eigenvalue weighted by Crippen LogP contribution is 2.20. The fourth-order valence-corrected chi connectivity index (χ4v) is 2.94. The molecule has 1 aromatic rings. The molecule has 0 amide bonds. The van der Waals surface area contributed by atoms with E-state index in [4.69, 9.17) is 0 Å². The van der Waals surface area contributed by atoms with Gasteiger partial charge in [-0.1, -0.05) is 37.3 Å². The maximum atomic E-state index is 9.58. The first-order valence-corrected chi connectivity index (χ1v) is 7.88. The van der Waals surface area contributed by atoms with Crippen molar-refractivity contribution in [1.29, 1.82) is 0 Å². The van der Waals surface area contributed by atoms with Gasteiger partial charge in [-0.15, -0.1) is 0 Å². The first-order valence-electron chi connectivity index (χ1n) is 7.88. The third kappa shape index (κ3) is 4.58. The predicted molar refractivity (Wildman–Crippen MR) is 83.6 cm³/mol. The zero-order chi connectivity index (χ0) is 14.4.